The van der Waals surface area contributed by atoms with Gasteiger partial charge in [0, 0.05) is 21.1 Å². The second-order valence-electron chi connectivity index (χ2n) is 3.86. The minimum absolute atomic E-state index is 0. The Morgan fingerprint density at radius 2 is 1.10 bits per heavy atom. The van der Waals surface area contributed by atoms with Crippen LogP contribution in [0.25, 0.3) is 0 Å². The number of primary amides is 1. The average Bonchev–Trinajstić information content (AvgIpc) is 2.24. The van der Waals surface area contributed by atoms with Crippen molar-refractivity contribution in [2.45, 2.75) is 47.2 Å². The van der Waals surface area contributed by atoms with Gasteiger partial charge in [-0.1, -0.05) is 7.43 Å². The largest absolute Gasteiger partial charge is 0.352 e. The fourth-order valence-corrected chi connectivity index (χ4v) is 0.918. The van der Waals surface area contributed by atoms with E-state index in [0.29, 0.717) is 0 Å². The van der Waals surface area contributed by atoms with Crippen LogP contribution in [0.3, 0.4) is 0 Å². The van der Waals surface area contributed by atoms with E-state index in [2.05, 4.69) is 0 Å². The molecule has 0 rings (SSSR count). The van der Waals surface area contributed by atoms with E-state index in [-0.39, 0.29) is 40.1 Å². The molecule has 0 radical (unpaired) electrons. The number of nitrogens with one attached hydrogen (secondary N) is 1. The molecule has 2 amide bonds. The Morgan fingerprint density at radius 3 is 1.14 bits per heavy atom. The third kappa shape index (κ3) is 14.8. The summed E-state index contributed by atoms with van der Waals surface area (Å²) >= 11 is 0. The summed E-state index contributed by atoms with van der Waals surface area (Å²) in [5.74, 6) is -1.40. The van der Waals surface area contributed by atoms with Crippen molar-refractivity contribution in [2.24, 2.45) is 11.5 Å². The third-order valence-electron chi connectivity index (χ3n) is 1.98. The van der Waals surface area contributed by atoms with E-state index >= 15 is 0 Å². The normalized spacial score (nSPS) is 8.52. The zero-order valence-corrected chi connectivity index (χ0v) is 14.7. The first-order valence-corrected chi connectivity index (χ1v) is 5.34. The van der Waals surface area contributed by atoms with E-state index in [1.54, 1.807) is 0 Å². The average molecular weight is 473 g/mol. The molecule has 0 saturated carbocycles. The van der Waals surface area contributed by atoms with Crippen LogP contribution >= 0.6 is 0 Å². The molecule has 0 aliphatic heterocycles. The standard InChI is InChI=1S/C6H10N2O3.C5H9NO2.CH4.W/c1-3(9)5(4(2)10)8-6(7)11;1-3(7)5(6)4(2)8;;/h5H,1-2H3,(H3,7,8,11);5H,6H2,1-2H3;1H4;. The maximum absolute atomic E-state index is 10.6. The van der Waals surface area contributed by atoms with Crippen LogP contribution in [0.1, 0.15) is 35.1 Å². The van der Waals surface area contributed by atoms with E-state index in [4.69, 9.17) is 11.5 Å². The minimum Gasteiger partial charge on any atom is -0.352 e. The zero-order chi connectivity index (χ0) is 15.7. The molecule has 21 heavy (non-hydrogen) atoms. The summed E-state index contributed by atoms with van der Waals surface area (Å²) in [7, 11) is 0. The van der Waals surface area contributed by atoms with Crippen LogP contribution in [0.15, 0.2) is 0 Å². The van der Waals surface area contributed by atoms with Crippen molar-refractivity contribution in [1.29, 1.82) is 0 Å². The van der Waals surface area contributed by atoms with Crippen LogP contribution < -0.4 is 16.8 Å². The van der Waals surface area contributed by atoms with Crippen LogP contribution in [-0.4, -0.2) is 41.2 Å². The summed E-state index contributed by atoms with van der Waals surface area (Å²) in [4.78, 5) is 52.0. The van der Waals surface area contributed by atoms with Gasteiger partial charge in [0.2, 0.25) is 0 Å². The van der Waals surface area contributed by atoms with Crippen molar-refractivity contribution in [3.05, 3.63) is 0 Å². The molecule has 0 unspecified atom stereocenters. The van der Waals surface area contributed by atoms with Crippen LogP contribution in [0.5, 0.6) is 0 Å². The molecule has 0 heterocycles. The van der Waals surface area contributed by atoms with Gasteiger partial charge >= 0.3 is 6.03 Å². The zero-order valence-electron chi connectivity index (χ0n) is 11.8. The molecule has 0 aromatic rings. The number of carbonyl (C=O) groups is 5. The number of ketones is 4. The summed E-state index contributed by atoms with van der Waals surface area (Å²) in [6.07, 6.45) is 0. The van der Waals surface area contributed by atoms with Gasteiger partial charge < -0.3 is 16.8 Å². The van der Waals surface area contributed by atoms with Gasteiger partial charge in [-0.2, -0.15) is 0 Å². The smallest absolute Gasteiger partial charge is 0.313 e. The monoisotopic (exact) mass is 473 g/mol. The topological polar surface area (TPSA) is 149 Å². The SMILES string of the molecule is C.CC(=O)C(N)C(C)=O.CC(=O)C(NC(N)=O)C(C)=O.[W]. The van der Waals surface area contributed by atoms with Gasteiger partial charge in [0.25, 0.3) is 0 Å². The van der Waals surface area contributed by atoms with E-state index in [9.17, 15) is 24.0 Å². The number of amides is 2. The first kappa shape index (κ1) is 27.9. The predicted molar refractivity (Wildman–Crippen MR) is 73.9 cm³/mol. The van der Waals surface area contributed by atoms with Crippen LogP contribution in [0.4, 0.5) is 4.79 Å². The number of carbonyl (C=O) groups excluding carboxylic acids is 5. The van der Waals surface area contributed by atoms with Crippen molar-refractivity contribution < 1.29 is 45.0 Å². The number of rotatable bonds is 5. The molecule has 5 N–H and O–H groups in total. The number of nitrogens with two attached hydrogens (primary N) is 2. The summed E-state index contributed by atoms with van der Waals surface area (Å²) in [5, 5.41) is 2.02. The molecule has 0 aromatic heterocycles. The van der Waals surface area contributed by atoms with Gasteiger partial charge in [-0.05, 0) is 27.7 Å². The molecule has 0 atom stereocenters. The number of Topliss-reactive ketones (excluding diaryl/α,β-unsaturated/α-hetero) is 4. The molecule has 8 nitrogen and oxygen atoms in total. The van der Waals surface area contributed by atoms with Crippen molar-refractivity contribution in [3.8, 4) is 0 Å². The molecule has 0 aromatic carbocycles. The summed E-state index contributed by atoms with van der Waals surface area (Å²) in [6.45, 7) is 5.02. The van der Waals surface area contributed by atoms with Crippen molar-refractivity contribution in [1.82, 2.24) is 5.32 Å². The van der Waals surface area contributed by atoms with Gasteiger partial charge in [-0.25, -0.2) is 4.79 Å². The van der Waals surface area contributed by atoms with E-state index < -0.39 is 29.7 Å². The Kier molecular flexibility index (Phi) is 18.0. The number of hydrogen-bond acceptors (Lipinski definition) is 6. The quantitative estimate of drug-likeness (QED) is 0.451. The number of urea groups is 1. The van der Waals surface area contributed by atoms with Crippen molar-refractivity contribution >= 4 is 29.2 Å². The van der Waals surface area contributed by atoms with E-state index in [1.165, 1.54) is 27.7 Å². The van der Waals surface area contributed by atoms with Crippen molar-refractivity contribution in [2.75, 3.05) is 0 Å². The van der Waals surface area contributed by atoms with Crippen LogP contribution in [-0.2, 0) is 40.2 Å². The fourth-order valence-electron chi connectivity index (χ4n) is 0.918. The molecule has 0 aliphatic rings. The van der Waals surface area contributed by atoms with E-state index in [0.717, 1.165) is 0 Å². The second-order valence-corrected chi connectivity index (χ2v) is 3.86. The molecule has 9 heteroatoms. The predicted octanol–water partition coefficient (Wildman–Crippen LogP) is -0.673. The summed E-state index contributed by atoms with van der Waals surface area (Å²) < 4.78 is 0. The maximum Gasteiger partial charge on any atom is 0.313 e. The fraction of sp³-hybridized carbons (Fsp3) is 0.583. The Bertz CT molecular complexity index is 370. The van der Waals surface area contributed by atoms with Gasteiger partial charge in [0.15, 0.2) is 23.1 Å². The molecule has 0 spiro atoms. The molecule has 122 valence electrons. The molecule has 0 aliphatic carbocycles. The van der Waals surface area contributed by atoms with Gasteiger partial charge in [0.05, 0.1) is 0 Å². The molecule has 0 saturated heterocycles. The molecule has 0 fully saturated rings. The summed E-state index contributed by atoms with van der Waals surface area (Å²) in [5.41, 5.74) is 9.77. The Labute approximate surface area is 138 Å². The Hall–Kier alpha value is -1.40. The Morgan fingerprint density at radius 1 is 0.810 bits per heavy atom. The van der Waals surface area contributed by atoms with Gasteiger partial charge in [-0.3, -0.25) is 19.2 Å². The number of hydrogen-bond donors (Lipinski definition) is 3. The molecular formula is C12H23N3O5W. The van der Waals surface area contributed by atoms with E-state index in [1.807, 2.05) is 5.32 Å². The van der Waals surface area contributed by atoms with Crippen LogP contribution in [0, 0.1) is 0 Å². The second kappa shape index (κ2) is 13.6. The maximum atomic E-state index is 10.6. The van der Waals surface area contributed by atoms with Crippen molar-refractivity contribution in [3.63, 3.8) is 0 Å². The molecule has 0 bridgehead atoms. The van der Waals surface area contributed by atoms with Gasteiger partial charge in [0.1, 0.15) is 12.1 Å². The Balaban J connectivity index is -0.000000131. The third-order valence-corrected chi connectivity index (χ3v) is 1.98. The molecular weight excluding hydrogens is 450 g/mol. The first-order chi connectivity index (χ1) is 8.50. The first-order valence-electron chi connectivity index (χ1n) is 5.34. The summed E-state index contributed by atoms with van der Waals surface area (Å²) in [6, 6.07) is -2.87. The minimum atomic E-state index is -1.09. The van der Waals surface area contributed by atoms with Crippen LogP contribution in [0.2, 0.25) is 0 Å². The van der Waals surface area contributed by atoms with Gasteiger partial charge in [-0.15, -0.1) is 0 Å².